The number of piperidine rings is 1. The van der Waals surface area contributed by atoms with Crippen molar-refractivity contribution in [3.05, 3.63) is 72.0 Å². The van der Waals surface area contributed by atoms with Gasteiger partial charge in [0.2, 0.25) is 0 Å². The number of rotatable bonds is 4. The number of aryl methyl sites for hydroxylation is 1. The summed E-state index contributed by atoms with van der Waals surface area (Å²) in [4.78, 5) is 28.2. The number of nitrogens with zero attached hydrogens (tertiary/aromatic N) is 5. The fourth-order valence-electron chi connectivity index (χ4n) is 3.76. The average molecular weight is 379 g/mol. The van der Waals surface area contributed by atoms with Gasteiger partial charge in [-0.3, -0.25) is 14.3 Å². The summed E-state index contributed by atoms with van der Waals surface area (Å²) in [6.07, 6.45) is 9.67. The molecule has 1 aliphatic rings. The molecule has 0 N–H and O–H groups in total. The largest absolute Gasteiger partial charge is 0.338 e. The van der Waals surface area contributed by atoms with Gasteiger partial charge in [0.1, 0.15) is 11.6 Å². The first-order chi connectivity index (χ1) is 13.7. The Kier molecular flexibility index (Phi) is 5.14. The predicted molar refractivity (Wildman–Crippen MR) is 103 cm³/mol. The molecule has 1 saturated heterocycles. The molecule has 0 radical (unpaired) electrons. The highest BCUT2D eigenvalue weighted by Crippen LogP contribution is 2.29. The Morgan fingerprint density at radius 1 is 1.14 bits per heavy atom. The average Bonchev–Trinajstić information content (AvgIpc) is 3.22. The maximum Gasteiger partial charge on any atom is 0.253 e. The minimum atomic E-state index is -0.343. The highest BCUT2D eigenvalue weighted by Gasteiger charge is 2.29. The third-order valence-corrected chi connectivity index (χ3v) is 5.15. The lowest BCUT2D eigenvalue weighted by Crippen LogP contribution is -2.39. The van der Waals surface area contributed by atoms with Crippen LogP contribution < -0.4 is 0 Å². The van der Waals surface area contributed by atoms with Gasteiger partial charge in [-0.2, -0.15) is 0 Å². The lowest BCUT2D eigenvalue weighted by Gasteiger charge is -2.33. The van der Waals surface area contributed by atoms with Crippen LogP contribution in [0, 0.1) is 5.82 Å². The van der Waals surface area contributed by atoms with Crippen molar-refractivity contribution >= 4 is 5.91 Å². The normalized spacial score (nSPS) is 16.9. The summed E-state index contributed by atoms with van der Waals surface area (Å²) in [5, 5.41) is 0. The van der Waals surface area contributed by atoms with Gasteiger partial charge in [0.05, 0.1) is 5.69 Å². The first-order valence-corrected chi connectivity index (χ1v) is 9.55. The van der Waals surface area contributed by atoms with Crippen LogP contribution >= 0.6 is 0 Å². The van der Waals surface area contributed by atoms with Gasteiger partial charge in [0.25, 0.3) is 5.91 Å². The van der Waals surface area contributed by atoms with Gasteiger partial charge in [0, 0.05) is 55.8 Å². The van der Waals surface area contributed by atoms with E-state index in [9.17, 15) is 9.18 Å². The molecule has 7 heteroatoms. The van der Waals surface area contributed by atoms with Gasteiger partial charge >= 0.3 is 0 Å². The van der Waals surface area contributed by atoms with Gasteiger partial charge < -0.3 is 4.90 Å². The SMILES string of the molecule is CCc1nccn1-c1nccnc1[C@@H]1CCCN(C(=O)c2ccc(F)cc2)C1. The van der Waals surface area contributed by atoms with Crippen LogP contribution in [0.5, 0.6) is 0 Å². The molecule has 0 bridgehead atoms. The van der Waals surface area contributed by atoms with Crippen LogP contribution in [0.25, 0.3) is 5.82 Å². The Balaban J connectivity index is 1.60. The van der Waals surface area contributed by atoms with Crippen molar-refractivity contribution in [3.63, 3.8) is 0 Å². The second kappa shape index (κ2) is 7.88. The zero-order valence-corrected chi connectivity index (χ0v) is 15.8. The van der Waals surface area contributed by atoms with Crippen LogP contribution in [0.4, 0.5) is 4.39 Å². The summed E-state index contributed by atoms with van der Waals surface area (Å²) >= 11 is 0. The lowest BCUT2D eigenvalue weighted by atomic mass is 9.93. The number of likely N-dealkylation sites (tertiary alicyclic amines) is 1. The maximum absolute atomic E-state index is 13.2. The number of amides is 1. The number of hydrogen-bond acceptors (Lipinski definition) is 4. The highest BCUT2D eigenvalue weighted by molar-refractivity contribution is 5.94. The molecule has 28 heavy (non-hydrogen) atoms. The van der Waals surface area contributed by atoms with Gasteiger partial charge in [-0.05, 0) is 37.1 Å². The monoisotopic (exact) mass is 379 g/mol. The number of hydrogen-bond donors (Lipinski definition) is 0. The third kappa shape index (κ3) is 3.52. The Labute approximate surface area is 163 Å². The second-order valence-electron chi connectivity index (χ2n) is 6.93. The van der Waals surface area contributed by atoms with Crippen molar-refractivity contribution in [1.82, 2.24) is 24.4 Å². The third-order valence-electron chi connectivity index (χ3n) is 5.15. The van der Waals surface area contributed by atoms with Gasteiger partial charge in [-0.1, -0.05) is 6.92 Å². The molecular formula is C21H22FN5O. The van der Waals surface area contributed by atoms with Gasteiger partial charge in [0.15, 0.2) is 5.82 Å². The molecule has 0 aliphatic carbocycles. The molecule has 1 aromatic carbocycles. The van der Waals surface area contributed by atoms with Crippen molar-refractivity contribution in [2.24, 2.45) is 0 Å². The molecule has 0 saturated carbocycles. The minimum absolute atomic E-state index is 0.0768. The fourth-order valence-corrected chi connectivity index (χ4v) is 3.76. The lowest BCUT2D eigenvalue weighted by molar-refractivity contribution is 0.0705. The summed E-state index contributed by atoms with van der Waals surface area (Å²) in [5.41, 5.74) is 1.39. The standard InChI is InChI=1S/C21H22FN5O/c1-2-18-23-11-13-27(18)20-19(24-9-10-25-20)16-4-3-12-26(14-16)21(28)15-5-7-17(22)8-6-15/h5-11,13,16H,2-4,12,14H2,1H3/t16-/m1/s1. The van der Waals surface area contributed by atoms with Crippen LogP contribution in [-0.4, -0.2) is 43.4 Å². The van der Waals surface area contributed by atoms with Crippen LogP contribution in [0.3, 0.4) is 0 Å². The molecular weight excluding hydrogens is 357 g/mol. The Hall–Kier alpha value is -3.09. The quantitative estimate of drug-likeness (QED) is 0.697. The molecule has 0 spiro atoms. The van der Waals surface area contributed by atoms with E-state index in [4.69, 9.17) is 0 Å². The number of imidazole rings is 1. The van der Waals surface area contributed by atoms with Crippen molar-refractivity contribution < 1.29 is 9.18 Å². The molecule has 1 atom stereocenters. The number of benzene rings is 1. The number of aromatic nitrogens is 4. The van der Waals surface area contributed by atoms with E-state index in [-0.39, 0.29) is 17.6 Å². The molecule has 1 fully saturated rings. The van der Waals surface area contributed by atoms with Crippen LogP contribution in [0.15, 0.2) is 49.1 Å². The number of carbonyl (C=O) groups is 1. The molecule has 4 rings (SSSR count). The first-order valence-electron chi connectivity index (χ1n) is 9.55. The molecule has 3 heterocycles. The summed E-state index contributed by atoms with van der Waals surface area (Å²) in [6, 6.07) is 5.71. The van der Waals surface area contributed by atoms with E-state index < -0.39 is 0 Å². The van der Waals surface area contributed by atoms with E-state index >= 15 is 0 Å². The first kappa shape index (κ1) is 18.3. The van der Waals surface area contributed by atoms with E-state index in [0.29, 0.717) is 18.7 Å². The van der Waals surface area contributed by atoms with Crippen LogP contribution in [0.2, 0.25) is 0 Å². The molecule has 0 unspecified atom stereocenters. The van der Waals surface area contributed by atoms with Gasteiger partial charge in [-0.15, -0.1) is 0 Å². The number of carbonyl (C=O) groups excluding carboxylic acids is 1. The molecule has 6 nitrogen and oxygen atoms in total. The molecule has 1 amide bonds. The zero-order chi connectivity index (χ0) is 19.5. The predicted octanol–water partition coefficient (Wildman–Crippen LogP) is 3.38. The van der Waals surface area contributed by atoms with Crippen molar-refractivity contribution in [3.8, 4) is 5.82 Å². The Morgan fingerprint density at radius 3 is 2.71 bits per heavy atom. The number of halogens is 1. The summed E-state index contributed by atoms with van der Waals surface area (Å²) < 4.78 is 15.1. The van der Waals surface area contributed by atoms with E-state index in [1.807, 2.05) is 15.7 Å². The smallest absolute Gasteiger partial charge is 0.253 e. The molecule has 2 aromatic heterocycles. The molecule has 144 valence electrons. The summed E-state index contributed by atoms with van der Waals surface area (Å²) in [5.74, 6) is 1.38. The fraction of sp³-hybridized carbons (Fsp3) is 0.333. The van der Waals surface area contributed by atoms with E-state index in [1.165, 1.54) is 24.3 Å². The summed E-state index contributed by atoms with van der Waals surface area (Å²) in [6.45, 7) is 3.31. The Bertz CT molecular complexity index is 969. The highest BCUT2D eigenvalue weighted by atomic mass is 19.1. The zero-order valence-electron chi connectivity index (χ0n) is 15.8. The Morgan fingerprint density at radius 2 is 1.93 bits per heavy atom. The van der Waals surface area contributed by atoms with Crippen LogP contribution in [-0.2, 0) is 6.42 Å². The van der Waals surface area contributed by atoms with E-state index in [1.54, 1.807) is 18.6 Å². The van der Waals surface area contributed by atoms with E-state index in [2.05, 4.69) is 21.9 Å². The second-order valence-corrected chi connectivity index (χ2v) is 6.93. The van der Waals surface area contributed by atoms with E-state index in [0.717, 1.165) is 36.6 Å². The van der Waals surface area contributed by atoms with Crippen molar-refractivity contribution in [1.29, 1.82) is 0 Å². The van der Waals surface area contributed by atoms with Crippen molar-refractivity contribution in [2.45, 2.75) is 32.1 Å². The summed E-state index contributed by atoms with van der Waals surface area (Å²) in [7, 11) is 0. The molecule has 3 aromatic rings. The van der Waals surface area contributed by atoms with Crippen molar-refractivity contribution in [2.75, 3.05) is 13.1 Å². The topological polar surface area (TPSA) is 63.9 Å². The van der Waals surface area contributed by atoms with Gasteiger partial charge in [-0.25, -0.2) is 14.4 Å². The van der Waals surface area contributed by atoms with Crippen LogP contribution in [0.1, 0.15) is 47.6 Å². The maximum atomic E-state index is 13.2. The minimum Gasteiger partial charge on any atom is -0.338 e. The molecule has 1 aliphatic heterocycles.